The molecule has 10 heteroatoms. The van der Waals surface area contributed by atoms with Crippen LogP contribution in [-0.2, 0) is 39.6 Å². The van der Waals surface area contributed by atoms with Crippen molar-refractivity contribution in [1.29, 1.82) is 0 Å². The summed E-state index contributed by atoms with van der Waals surface area (Å²) in [7, 11) is 0. The average Bonchev–Trinajstić information content (AvgIpc) is 2.72. The molecule has 1 aromatic carbocycles. The first kappa shape index (κ1) is 32.7. The van der Waals surface area contributed by atoms with Gasteiger partial charge in [0.1, 0.15) is 6.23 Å². The second kappa shape index (κ2) is 14.2. The van der Waals surface area contributed by atoms with Gasteiger partial charge in [0.05, 0.1) is 0 Å². The Labute approximate surface area is 228 Å². The van der Waals surface area contributed by atoms with Gasteiger partial charge in [0.2, 0.25) is 0 Å². The van der Waals surface area contributed by atoms with Crippen molar-refractivity contribution in [2.45, 2.75) is 138 Å². The van der Waals surface area contributed by atoms with Crippen LogP contribution in [0.2, 0.25) is 0 Å². The van der Waals surface area contributed by atoms with E-state index in [1.54, 1.807) is 34.6 Å². The van der Waals surface area contributed by atoms with E-state index in [0.717, 1.165) is 17.8 Å². The summed E-state index contributed by atoms with van der Waals surface area (Å²) < 4.78 is 40.1. The highest BCUT2D eigenvalue weighted by Gasteiger charge is 2.41. The molecule has 10 nitrogen and oxygen atoms in total. The summed E-state index contributed by atoms with van der Waals surface area (Å²) in [6.07, 6.45) is -3.80. The molecule has 0 saturated heterocycles. The van der Waals surface area contributed by atoms with Gasteiger partial charge in [-0.3, -0.25) is 0 Å². The maximum Gasteiger partial charge on any atom is 0.161 e. The third-order valence-electron chi connectivity index (χ3n) is 6.77. The van der Waals surface area contributed by atoms with E-state index >= 15 is 0 Å². The van der Waals surface area contributed by atoms with Gasteiger partial charge in [-0.15, -0.1) is 0 Å². The zero-order chi connectivity index (χ0) is 28.8. The molecular formula is C28H50N2O8. The van der Waals surface area contributed by atoms with Crippen LogP contribution in [0.5, 0.6) is 0 Å². The summed E-state index contributed by atoms with van der Waals surface area (Å²) >= 11 is 0. The fourth-order valence-electron chi connectivity index (χ4n) is 4.95. The number of hydrogen-bond donors (Lipinski definition) is 2. The molecule has 0 spiro atoms. The fourth-order valence-corrected chi connectivity index (χ4v) is 4.95. The Morgan fingerprint density at radius 2 is 1.18 bits per heavy atom. The van der Waals surface area contributed by atoms with Crippen molar-refractivity contribution < 1.29 is 38.3 Å². The van der Waals surface area contributed by atoms with Crippen LogP contribution in [-0.4, -0.2) is 60.9 Å². The highest BCUT2D eigenvalue weighted by atomic mass is 16.8. The zero-order valence-corrected chi connectivity index (χ0v) is 25.0. The average molecular weight is 543 g/mol. The molecule has 0 fully saturated rings. The van der Waals surface area contributed by atoms with Crippen LogP contribution in [0.25, 0.3) is 0 Å². The smallest absolute Gasteiger partial charge is 0.161 e. The van der Waals surface area contributed by atoms with E-state index in [9.17, 15) is 5.11 Å². The molecule has 1 aliphatic heterocycles. The Hall–Kier alpha value is -1.50. The molecule has 0 saturated carbocycles. The molecule has 2 rings (SSSR count). The molecule has 1 aromatic rings. The number of nitrogen functional groups attached to an aromatic ring is 1. The SMILES string of the molecule is CC(O)OC(C)OC(C)OC(C)OC(C)OC(C)OC(C)OC(C)N1c2ccc(N)cc2CC(C)C1(C)C. The van der Waals surface area contributed by atoms with Crippen molar-refractivity contribution in [1.82, 2.24) is 0 Å². The minimum absolute atomic E-state index is 0.121. The maximum absolute atomic E-state index is 9.27. The number of aliphatic hydroxyl groups excluding tert-OH is 1. The van der Waals surface area contributed by atoms with Crippen molar-refractivity contribution in [3.63, 3.8) is 0 Å². The van der Waals surface area contributed by atoms with Crippen molar-refractivity contribution >= 4 is 11.4 Å². The van der Waals surface area contributed by atoms with Gasteiger partial charge in [-0.25, -0.2) is 0 Å². The normalized spacial score (nSPS) is 23.6. The monoisotopic (exact) mass is 542 g/mol. The Morgan fingerprint density at radius 1 is 0.763 bits per heavy atom. The lowest BCUT2D eigenvalue weighted by Crippen LogP contribution is -2.57. The number of nitrogens with two attached hydrogens (primary N) is 1. The molecule has 0 aliphatic carbocycles. The van der Waals surface area contributed by atoms with E-state index in [1.807, 2.05) is 19.9 Å². The minimum atomic E-state index is -0.930. The Morgan fingerprint density at radius 3 is 1.63 bits per heavy atom. The lowest BCUT2D eigenvalue weighted by Gasteiger charge is -2.52. The van der Waals surface area contributed by atoms with Gasteiger partial charge in [0.15, 0.2) is 44.0 Å². The summed E-state index contributed by atoms with van der Waals surface area (Å²) in [4.78, 5) is 2.31. The Kier molecular flexibility index (Phi) is 12.2. The standard InChI is InChI=1S/C28H50N2O8/c1-16-14-25-15-26(29)12-13-27(25)30(28(16,10)11)17(2)32-19(4)34-21(6)36-23(8)38-24(9)37-22(7)35-20(5)33-18(3)31/h12-13,15-24,31H,14,29H2,1-11H3. The van der Waals surface area contributed by atoms with Crippen molar-refractivity contribution in [2.24, 2.45) is 5.92 Å². The van der Waals surface area contributed by atoms with E-state index in [2.05, 4.69) is 37.8 Å². The molecule has 0 aromatic heterocycles. The largest absolute Gasteiger partial charge is 0.399 e. The summed E-state index contributed by atoms with van der Waals surface area (Å²) in [5, 5.41) is 9.27. The number of hydrogen-bond acceptors (Lipinski definition) is 10. The highest BCUT2D eigenvalue weighted by Crippen LogP contribution is 2.42. The molecule has 0 radical (unpaired) electrons. The quantitative estimate of drug-likeness (QED) is 0.234. The molecule has 0 bridgehead atoms. The van der Waals surface area contributed by atoms with Gasteiger partial charge in [-0.2, -0.15) is 0 Å². The van der Waals surface area contributed by atoms with Crippen LogP contribution in [0.15, 0.2) is 18.2 Å². The van der Waals surface area contributed by atoms with Gasteiger partial charge < -0.3 is 48.9 Å². The summed E-state index contributed by atoms with van der Waals surface area (Å²) in [6, 6.07) is 6.06. The molecule has 9 atom stereocenters. The Balaban J connectivity index is 1.85. The van der Waals surface area contributed by atoms with Gasteiger partial charge in [0.25, 0.3) is 0 Å². The van der Waals surface area contributed by atoms with Gasteiger partial charge in [0, 0.05) is 16.9 Å². The zero-order valence-electron chi connectivity index (χ0n) is 25.0. The predicted octanol–water partition coefficient (Wildman–Crippen LogP) is 4.92. The van der Waals surface area contributed by atoms with Crippen molar-refractivity contribution in [2.75, 3.05) is 10.6 Å². The van der Waals surface area contributed by atoms with Crippen molar-refractivity contribution in [3.05, 3.63) is 23.8 Å². The van der Waals surface area contributed by atoms with E-state index in [-0.39, 0.29) is 11.8 Å². The molecule has 1 aliphatic rings. The number of benzene rings is 1. The van der Waals surface area contributed by atoms with Crippen LogP contribution in [0, 0.1) is 5.92 Å². The number of nitrogens with zero attached hydrogens (tertiary/aromatic N) is 1. The highest BCUT2D eigenvalue weighted by molar-refractivity contribution is 5.63. The van der Waals surface area contributed by atoms with Crippen LogP contribution in [0.4, 0.5) is 11.4 Å². The van der Waals surface area contributed by atoms with E-state index in [0.29, 0.717) is 5.92 Å². The predicted molar refractivity (Wildman–Crippen MR) is 146 cm³/mol. The second-order valence-electron chi connectivity index (χ2n) is 10.6. The van der Waals surface area contributed by atoms with Crippen LogP contribution in [0.3, 0.4) is 0 Å². The molecule has 0 amide bonds. The molecule has 3 N–H and O–H groups in total. The number of anilines is 2. The lowest BCUT2D eigenvalue weighted by atomic mass is 9.78. The first-order valence-electron chi connectivity index (χ1n) is 13.5. The lowest BCUT2D eigenvalue weighted by molar-refractivity contribution is -0.339. The second-order valence-corrected chi connectivity index (χ2v) is 10.6. The number of fused-ring (bicyclic) bond motifs is 1. The first-order chi connectivity index (χ1) is 17.6. The molecule has 9 unspecified atom stereocenters. The minimum Gasteiger partial charge on any atom is -0.399 e. The topological polar surface area (TPSA) is 114 Å². The summed E-state index contributed by atoms with van der Waals surface area (Å²) in [6.45, 7) is 20.8. The molecule has 38 heavy (non-hydrogen) atoms. The fraction of sp³-hybridized carbons (Fsp3) is 0.786. The number of ether oxygens (including phenoxy) is 7. The van der Waals surface area contributed by atoms with Gasteiger partial charge >= 0.3 is 0 Å². The van der Waals surface area contributed by atoms with E-state index in [4.69, 9.17) is 38.9 Å². The third kappa shape index (κ3) is 9.60. The molecular weight excluding hydrogens is 492 g/mol. The molecule has 220 valence electrons. The van der Waals surface area contributed by atoms with Crippen molar-refractivity contribution in [3.8, 4) is 0 Å². The third-order valence-corrected chi connectivity index (χ3v) is 6.77. The van der Waals surface area contributed by atoms with E-state index < -0.39 is 44.0 Å². The Bertz CT molecular complexity index is 854. The molecule has 1 heterocycles. The maximum atomic E-state index is 9.27. The summed E-state index contributed by atoms with van der Waals surface area (Å²) in [5.74, 6) is 0.408. The van der Waals surface area contributed by atoms with Crippen LogP contribution >= 0.6 is 0 Å². The van der Waals surface area contributed by atoms with Crippen LogP contribution in [0.1, 0.15) is 81.7 Å². The van der Waals surface area contributed by atoms with Gasteiger partial charge in [-0.05, 0) is 105 Å². The van der Waals surface area contributed by atoms with E-state index in [1.165, 1.54) is 12.5 Å². The number of aliphatic hydroxyl groups is 1. The van der Waals surface area contributed by atoms with Crippen LogP contribution < -0.4 is 10.6 Å². The first-order valence-corrected chi connectivity index (χ1v) is 13.5. The summed E-state index contributed by atoms with van der Waals surface area (Å²) in [5.41, 5.74) is 9.06. The number of rotatable bonds is 15. The van der Waals surface area contributed by atoms with Gasteiger partial charge in [-0.1, -0.05) is 6.92 Å².